The van der Waals surface area contributed by atoms with Crippen molar-refractivity contribution in [1.82, 2.24) is 0 Å². The molecule has 4 aromatic rings. The molecular formula is C25H22O6. The summed E-state index contributed by atoms with van der Waals surface area (Å²) in [5.41, 5.74) is -0.874. The molecule has 2 aromatic heterocycles. The van der Waals surface area contributed by atoms with Crippen molar-refractivity contribution in [2.24, 2.45) is 5.92 Å². The van der Waals surface area contributed by atoms with Gasteiger partial charge in [-0.2, -0.15) is 0 Å². The van der Waals surface area contributed by atoms with E-state index in [1.807, 2.05) is 0 Å². The molecule has 0 radical (unpaired) electrons. The summed E-state index contributed by atoms with van der Waals surface area (Å²) in [5.74, 6) is -1.37. The minimum absolute atomic E-state index is 0.00322. The molecule has 0 spiro atoms. The number of hydrogen-bond donors (Lipinski definition) is 2. The fraction of sp³-hybridized carbons (Fsp3) is 0.280. The summed E-state index contributed by atoms with van der Waals surface area (Å²) in [6.07, 6.45) is 4.49. The van der Waals surface area contributed by atoms with Gasteiger partial charge < -0.3 is 19.0 Å². The lowest BCUT2D eigenvalue weighted by molar-refractivity contribution is 0.307. The molecule has 2 N–H and O–H groups in total. The van der Waals surface area contributed by atoms with Crippen molar-refractivity contribution in [3.8, 4) is 11.5 Å². The van der Waals surface area contributed by atoms with Crippen LogP contribution in [0.5, 0.6) is 11.5 Å². The Morgan fingerprint density at radius 1 is 0.710 bits per heavy atom. The fourth-order valence-electron chi connectivity index (χ4n) is 4.93. The van der Waals surface area contributed by atoms with Crippen molar-refractivity contribution in [3.05, 3.63) is 80.5 Å². The van der Waals surface area contributed by atoms with Crippen LogP contribution in [0.4, 0.5) is 0 Å². The maximum atomic E-state index is 13.1. The monoisotopic (exact) mass is 418 g/mol. The second-order valence-electron chi connectivity index (χ2n) is 8.17. The van der Waals surface area contributed by atoms with Gasteiger partial charge in [0.25, 0.3) is 0 Å². The Kier molecular flexibility index (Phi) is 4.77. The molecule has 31 heavy (non-hydrogen) atoms. The molecule has 0 amide bonds. The molecular weight excluding hydrogens is 396 g/mol. The summed E-state index contributed by atoms with van der Waals surface area (Å²) in [5, 5.41) is 23.0. The van der Waals surface area contributed by atoms with Crippen LogP contribution in [0.3, 0.4) is 0 Å². The van der Waals surface area contributed by atoms with E-state index in [1.54, 1.807) is 48.5 Å². The lowest BCUT2D eigenvalue weighted by atomic mass is 9.73. The van der Waals surface area contributed by atoms with Crippen molar-refractivity contribution in [3.63, 3.8) is 0 Å². The van der Waals surface area contributed by atoms with Crippen molar-refractivity contribution < 1.29 is 19.0 Å². The molecule has 0 saturated heterocycles. The predicted molar refractivity (Wildman–Crippen MR) is 117 cm³/mol. The first-order chi connectivity index (χ1) is 15.1. The number of aromatic hydroxyl groups is 2. The van der Waals surface area contributed by atoms with Crippen molar-refractivity contribution in [2.75, 3.05) is 0 Å². The topological polar surface area (TPSA) is 101 Å². The molecule has 1 aliphatic carbocycles. The summed E-state index contributed by atoms with van der Waals surface area (Å²) in [6.45, 7) is 0. The quantitative estimate of drug-likeness (QED) is 0.453. The first kappa shape index (κ1) is 19.4. The van der Waals surface area contributed by atoms with Crippen molar-refractivity contribution in [1.29, 1.82) is 0 Å². The van der Waals surface area contributed by atoms with Crippen LogP contribution in [-0.4, -0.2) is 10.2 Å². The van der Waals surface area contributed by atoms with Crippen LogP contribution in [0.2, 0.25) is 0 Å². The van der Waals surface area contributed by atoms with Crippen molar-refractivity contribution >= 4 is 21.9 Å². The summed E-state index contributed by atoms with van der Waals surface area (Å²) in [7, 11) is 0. The smallest absolute Gasteiger partial charge is 0.343 e. The third-order valence-electron chi connectivity index (χ3n) is 6.38. The highest BCUT2D eigenvalue weighted by Gasteiger charge is 2.37. The Labute approximate surface area is 177 Å². The Morgan fingerprint density at radius 2 is 1.16 bits per heavy atom. The van der Waals surface area contributed by atoms with Gasteiger partial charge in [-0.3, -0.25) is 0 Å². The molecule has 1 saturated carbocycles. The van der Waals surface area contributed by atoms with E-state index in [2.05, 4.69) is 0 Å². The lowest BCUT2D eigenvalue weighted by Crippen LogP contribution is -2.27. The molecule has 0 atom stereocenters. The molecule has 158 valence electrons. The zero-order valence-electron chi connectivity index (χ0n) is 16.8. The molecule has 0 aliphatic heterocycles. The molecule has 6 heteroatoms. The highest BCUT2D eigenvalue weighted by Crippen LogP contribution is 2.46. The number of rotatable bonds is 3. The lowest BCUT2D eigenvalue weighted by Gasteiger charge is -2.30. The van der Waals surface area contributed by atoms with Crippen LogP contribution < -0.4 is 11.3 Å². The average molecular weight is 418 g/mol. The van der Waals surface area contributed by atoms with Gasteiger partial charge >= 0.3 is 11.3 Å². The number of fused-ring (bicyclic) bond motifs is 2. The van der Waals surface area contributed by atoms with Gasteiger partial charge in [0.2, 0.25) is 0 Å². The maximum Gasteiger partial charge on any atom is 0.343 e. The maximum absolute atomic E-state index is 13.1. The van der Waals surface area contributed by atoms with Gasteiger partial charge in [0.15, 0.2) is 0 Å². The Hall–Kier alpha value is -3.54. The zero-order chi connectivity index (χ0) is 21.5. The summed E-state index contributed by atoms with van der Waals surface area (Å²) in [6, 6.07) is 13.5. The fourth-order valence-corrected chi connectivity index (χ4v) is 4.93. The third kappa shape index (κ3) is 3.19. The van der Waals surface area contributed by atoms with Gasteiger partial charge in [-0.1, -0.05) is 43.5 Å². The predicted octanol–water partition coefficient (Wildman–Crippen LogP) is 5.02. The SMILES string of the molecule is O=c1oc2ccccc2c(O)c1C(c1c(O)c2ccccc2oc1=O)C1CCCCC1. The zero-order valence-corrected chi connectivity index (χ0v) is 16.8. The van der Waals surface area contributed by atoms with Gasteiger partial charge in [0.1, 0.15) is 22.7 Å². The van der Waals surface area contributed by atoms with E-state index in [0.29, 0.717) is 10.8 Å². The average Bonchev–Trinajstić information content (AvgIpc) is 2.78. The highest BCUT2D eigenvalue weighted by atomic mass is 16.4. The summed E-state index contributed by atoms with van der Waals surface area (Å²) in [4.78, 5) is 26.1. The molecule has 1 aliphatic rings. The summed E-state index contributed by atoms with van der Waals surface area (Å²) >= 11 is 0. The van der Waals surface area contributed by atoms with Crippen LogP contribution in [0.15, 0.2) is 67.0 Å². The third-order valence-corrected chi connectivity index (χ3v) is 6.38. The van der Waals surface area contributed by atoms with Crippen LogP contribution in [-0.2, 0) is 0 Å². The van der Waals surface area contributed by atoms with E-state index < -0.39 is 17.2 Å². The molecule has 0 bridgehead atoms. The highest BCUT2D eigenvalue weighted by molar-refractivity contribution is 5.86. The van der Waals surface area contributed by atoms with Crippen LogP contribution in [0.25, 0.3) is 21.9 Å². The van der Waals surface area contributed by atoms with Crippen LogP contribution >= 0.6 is 0 Å². The van der Waals surface area contributed by atoms with E-state index in [9.17, 15) is 19.8 Å². The van der Waals surface area contributed by atoms with Crippen molar-refractivity contribution in [2.45, 2.75) is 38.0 Å². The normalized spacial score (nSPS) is 15.1. The minimum Gasteiger partial charge on any atom is -0.507 e. The standard InChI is InChI=1S/C25H22O6/c26-22-15-10-4-6-12-17(15)30-24(28)20(22)19(14-8-2-1-3-9-14)21-23(27)16-11-5-7-13-18(16)31-25(21)29/h4-7,10-14,19,26-27H,1-3,8-9H2. The molecule has 1 fully saturated rings. The van der Waals surface area contributed by atoms with Gasteiger partial charge in [-0.25, -0.2) is 9.59 Å². The van der Waals surface area contributed by atoms with E-state index in [1.165, 1.54) is 0 Å². The first-order valence-electron chi connectivity index (χ1n) is 10.6. The van der Waals surface area contributed by atoms with Gasteiger partial charge in [-0.15, -0.1) is 0 Å². The number of hydrogen-bond acceptors (Lipinski definition) is 6. The number of para-hydroxylation sites is 2. The Balaban J connectivity index is 1.83. The second-order valence-corrected chi connectivity index (χ2v) is 8.17. The second kappa shape index (κ2) is 7.61. The van der Waals surface area contributed by atoms with E-state index in [-0.39, 0.29) is 39.7 Å². The number of benzene rings is 2. The largest absolute Gasteiger partial charge is 0.507 e. The molecule has 5 rings (SSSR count). The molecule has 0 unspecified atom stereocenters. The van der Waals surface area contributed by atoms with E-state index >= 15 is 0 Å². The van der Waals surface area contributed by atoms with E-state index in [4.69, 9.17) is 8.83 Å². The van der Waals surface area contributed by atoms with E-state index in [0.717, 1.165) is 32.1 Å². The summed E-state index contributed by atoms with van der Waals surface area (Å²) < 4.78 is 11.0. The minimum atomic E-state index is -0.831. The molecule has 2 heterocycles. The Bertz CT molecular complexity index is 1290. The van der Waals surface area contributed by atoms with Gasteiger partial charge in [0, 0.05) is 5.92 Å². The molecule has 2 aromatic carbocycles. The first-order valence-corrected chi connectivity index (χ1v) is 10.6. The van der Waals surface area contributed by atoms with Gasteiger partial charge in [0.05, 0.1) is 21.9 Å². The van der Waals surface area contributed by atoms with Crippen LogP contribution in [0.1, 0.15) is 49.1 Å². The Morgan fingerprint density at radius 3 is 1.65 bits per heavy atom. The van der Waals surface area contributed by atoms with Crippen LogP contribution in [0, 0.1) is 5.92 Å². The van der Waals surface area contributed by atoms with Gasteiger partial charge in [-0.05, 0) is 43.0 Å². The molecule has 6 nitrogen and oxygen atoms in total.